The Hall–Kier alpha value is -3.54. The minimum Gasteiger partial charge on any atom is -0.349 e. The molecule has 0 atom stereocenters. The number of nitrogens with zero attached hydrogens (tertiary/aromatic N) is 2. The van der Waals surface area contributed by atoms with Crippen LogP contribution in [0.3, 0.4) is 0 Å². The molecule has 4 nitrogen and oxygen atoms in total. The van der Waals surface area contributed by atoms with Crippen molar-refractivity contribution >= 4 is 16.8 Å². The second kappa shape index (κ2) is 7.06. The lowest BCUT2D eigenvalue weighted by molar-refractivity contribution is 0.0950. The molecular formula is C24H19F2N3O. The first-order valence-electron chi connectivity index (χ1n) is 9.85. The van der Waals surface area contributed by atoms with Gasteiger partial charge < -0.3 is 5.32 Å². The molecule has 1 aliphatic rings. The lowest BCUT2D eigenvalue weighted by Crippen LogP contribution is -2.25. The maximum absolute atomic E-state index is 14.6. The molecule has 6 heteroatoms. The van der Waals surface area contributed by atoms with E-state index in [1.807, 2.05) is 18.2 Å². The Bertz CT molecular complexity index is 1270. The SMILES string of the molecule is Cc1c(F)cc(C(=O)NC2CC2)cc1-c1ccc2c(cnn2-c2ccc(F)cc2)c1. The van der Waals surface area contributed by atoms with Gasteiger partial charge in [-0.2, -0.15) is 5.10 Å². The predicted molar refractivity (Wildman–Crippen MR) is 112 cm³/mol. The minimum atomic E-state index is -0.407. The first-order chi connectivity index (χ1) is 14.5. The summed E-state index contributed by atoms with van der Waals surface area (Å²) < 4.78 is 29.5. The van der Waals surface area contributed by atoms with Gasteiger partial charge in [0.25, 0.3) is 5.91 Å². The summed E-state index contributed by atoms with van der Waals surface area (Å²) >= 11 is 0. The molecule has 1 fully saturated rings. The molecule has 0 unspecified atom stereocenters. The van der Waals surface area contributed by atoms with Crippen molar-refractivity contribution in [1.82, 2.24) is 15.1 Å². The van der Waals surface area contributed by atoms with E-state index in [4.69, 9.17) is 0 Å². The van der Waals surface area contributed by atoms with Gasteiger partial charge in [0, 0.05) is 17.0 Å². The van der Waals surface area contributed by atoms with Crippen molar-refractivity contribution < 1.29 is 13.6 Å². The van der Waals surface area contributed by atoms with Crippen LogP contribution < -0.4 is 5.32 Å². The summed E-state index contributed by atoms with van der Waals surface area (Å²) in [6.07, 6.45) is 3.67. The summed E-state index contributed by atoms with van der Waals surface area (Å²) in [4.78, 5) is 12.4. The average molecular weight is 403 g/mol. The maximum Gasteiger partial charge on any atom is 0.251 e. The lowest BCUT2D eigenvalue weighted by atomic mass is 9.96. The molecule has 5 rings (SSSR count). The molecular weight excluding hydrogens is 384 g/mol. The van der Waals surface area contributed by atoms with Gasteiger partial charge in [-0.15, -0.1) is 0 Å². The number of benzene rings is 3. The summed E-state index contributed by atoms with van der Waals surface area (Å²) in [5.74, 6) is -0.959. The second-order valence-electron chi connectivity index (χ2n) is 7.68. The third kappa shape index (κ3) is 3.34. The highest BCUT2D eigenvalue weighted by atomic mass is 19.1. The zero-order valence-corrected chi connectivity index (χ0v) is 16.3. The van der Waals surface area contributed by atoms with Gasteiger partial charge in [-0.25, -0.2) is 13.5 Å². The molecule has 0 radical (unpaired) electrons. The molecule has 150 valence electrons. The zero-order valence-electron chi connectivity index (χ0n) is 16.3. The van der Waals surface area contributed by atoms with Crippen molar-refractivity contribution in [2.24, 2.45) is 0 Å². The first-order valence-corrected chi connectivity index (χ1v) is 9.85. The Balaban J connectivity index is 1.55. The van der Waals surface area contributed by atoms with Crippen LogP contribution in [-0.4, -0.2) is 21.7 Å². The van der Waals surface area contributed by atoms with E-state index < -0.39 is 5.82 Å². The quantitative estimate of drug-likeness (QED) is 0.511. The number of aromatic nitrogens is 2. The van der Waals surface area contributed by atoms with E-state index in [-0.39, 0.29) is 17.8 Å². The minimum absolute atomic E-state index is 0.207. The Morgan fingerprint density at radius 3 is 2.57 bits per heavy atom. The first kappa shape index (κ1) is 18.5. The molecule has 0 aliphatic heterocycles. The summed E-state index contributed by atoms with van der Waals surface area (Å²) in [5.41, 5.74) is 3.89. The molecule has 0 spiro atoms. The number of rotatable bonds is 4. The van der Waals surface area contributed by atoms with Crippen LogP contribution in [-0.2, 0) is 0 Å². The van der Waals surface area contributed by atoms with Gasteiger partial charge in [0.15, 0.2) is 0 Å². The normalized spacial score (nSPS) is 13.6. The predicted octanol–water partition coefficient (Wildman–Crippen LogP) is 5.17. The van der Waals surface area contributed by atoms with Crippen LogP contribution >= 0.6 is 0 Å². The van der Waals surface area contributed by atoms with Gasteiger partial charge in [-0.1, -0.05) is 6.07 Å². The van der Waals surface area contributed by atoms with E-state index in [9.17, 15) is 13.6 Å². The second-order valence-corrected chi connectivity index (χ2v) is 7.68. The molecule has 30 heavy (non-hydrogen) atoms. The van der Waals surface area contributed by atoms with Crippen molar-refractivity contribution in [2.75, 3.05) is 0 Å². The number of carbonyl (C=O) groups excluding carboxylic acids is 1. The van der Waals surface area contributed by atoms with Crippen LogP contribution in [0.1, 0.15) is 28.8 Å². The van der Waals surface area contributed by atoms with E-state index in [0.29, 0.717) is 16.7 Å². The summed E-state index contributed by atoms with van der Waals surface area (Å²) in [5, 5.41) is 8.18. The van der Waals surface area contributed by atoms with Crippen molar-refractivity contribution in [3.63, 3.8) is 0 Å². The largest absolute Gasteiger partial charge is 0.349 e. The summed E-state index contributed by atoms with van der Waals surface area (Å²) in [6.45, 7) is 1.71. The number of amides is 1. The van der Waals surface area contributed by atoms with E-state index in [2.05, 4.69) is 10.4 Å². The molecule has 0 saturated heterocycles. The van der Waals surface area contributed by atoms with Gasteiger partial charge in [0.05, 0.1) is 17.4 Å². The van der Waals surface area contributed by atoms with Gasteiger partial charge in [-0.3, -0.25) is 4.79 Å². The van der Waals surface area contributed by atoms with Crippen LogP contribution in [0.2, 0.25) is 0 Å². The van der Waals surface area contributed by atoms with Crippen LogP contribution in [0.4, 0.5) is 8.78 Å². The van der Waals surface area contributed by atoms with Crippen LogP contribution in [0.5, 0.6) is 0 Å². The lowest BCUT2D eigenvalue weighted by Gasteiger charge is -2.11. The number of nitrogens with one attached hydrogen (secondary N) is 1. The Morgan fingerprint density at radius 1 is 1.07 bits per heavy atom. The Labute approximate surface area is 172 Å². The summed E-state index contributed by atoms with van der Waals surface area (Å²) in [6, 6.07) is 15.1. The standard InChI is InChI=1S/C24H19F2N3O/c1-14-21(11-16(12-22(14)26)24(30)28-19-5-6-19)15-2-9-23-17(10-15)13-27-29(23)20-7-3-18(25)4-8-20/h2-4,7-13,19H,5-6H2,1H3,(H,28,30). The fourth-order valence-corrected chi connectivity index (χ4v) is 3.59. The van der Waals surface area contributed by atoms with Crippen LogP contribution in [0.15, 0.2) is 60.8 Å². The third-order valence-corrected chi connectivity index (χ3v) is 5.47. The van der Waals surface area contributed by atoms with Crippen LogP contribution in [0.25, 0.3) is 27.7 Å². The number of hydrogen-bond acceptors (Lipinski definition) is 2. The number of halogens is 2. The van der Waals surface area contributed by atoms with Crippen molar-refractivity contribution in [1.29, 1.82) is 0 Å². The fourth-order valence-electron chi connectivity index (χ4n) is 3.59. The zero-order chi connectivity index (χ0) is 20.8. The number of hydrogen-bond donors (Lipinski definition) is 1. The number of fused-ring (bicyclic) bond motifs is 1. The molecule has 1 heterocycles. The Kier molecular flexibility index (Phi) is 4.35. The maximum atomic E-state index is 14.6. The number of carbonyl (C=O) groups is 1. The monoisotopic (exact) mass is 403 g/mol. The van der Waals surface area contributed by atoms with Gasteiger partial charge in [-0.05, 0) is 85.0 Å². The highest BCUT2D eigenvalue weighted by molar-refractivity contribution is 5.96. The molecule has 1 aliphatic carbocycles. The summed E-state index contributed by atoms with van der Waals surface area (Å²) in [7, 11) is 0. The topological polar surface area (TPSA) is 46.9 Å². The Morgan fingerprint density at radius 2 is 1.83 bits per heavy atom. The van der Waals surface area contributed by atoms with Crippen molar-refractivity contribution in [3.05, 3.63) is 83.6 Å². The van der Waals surface area contributed by atoms with Crippen LogP contribution in [0, 0.1) is 18.6 Å². The highest BCUT2D eigenvalue weighted by Gasteiger charge is 2.24. The molecule has 0 bridgehead atoms. The average Bonchev–Trinajstić information content (AvgIpc) is 3.46. The van der Waals surface area contributed by atoms with Crippen molar-refractivity contribution in [3.8, 4) is 16.8 Å². The molecule has 3 aromatic carbocycles. The smallest absolute Gasteiger partial charge is 0.251 e. The fraction of sp³-hybridized carbons (Fsp3) is 0.167. The van der Waals surface area contributed by atoms with Crippen molar-refractivity contribution in [2.45, 2.75) is 25.8 Å². The molecule has 1 saturated carbocycles. The molecule has 1 aromatic heterocycles. The molecule has 4 aromatic rings. The van der Waals surface area contributed by atoms with Gasteiger partial charge >= 0.3 is 0 Å². The van der Waals surface area contributed by atoms with Gasteiger partial charge in [0.2, 0.25) is 0 Å². The van der Waals surface area contributed by atoms with E-state index in [0.717, 1.165) is 35.0 Å². The molecule has 1 amide bonds. The van der Waals surface area contributed by atoms with E-state index in [1.54, 1.807) is 36.0 Å². The third-order valence-electron chi connectivity index (χ3n) is 5.47. The molecule has 1 N–H and O–H groups in total. The van der Waals surface area contributed by atoms with E-state index in [1.165, 1.54) is 18.2 Å². The highest BCUT2D eigenvalue weighted by Crippen LogP contribution is 2.31. The van der Waals surface area contributed by atoms with E-state index >= 15 is 0 Å². The van der Waals surface area contributed by atoms with Gasteiger partial charge in [0.1, 0.15) is 11.6 Å².